The van der Waals surface area contributed by atoms with E-state index in [2.05, 4.69) is 20.3 Å². The van der Waals surface area contributed by atoms with Crippen LogP contribution in [-0.2, 0) is 16.0 Å². The number of hydrogen-bond acceptors (Lipinski definition) is 6. The van der Waals surface area contributed by atoms with Crippen LogP contribution in [-0.4, -0.2) is 49.1 Å². The van der Waals surface area contributed by atoms with E-state index in [1.807, 2.05) is 6.92 Å². The molecule has 11 nitrogen and oxygen atoms in total. The number of benzene rings is 1. The Kier molecular flexibility index (Phi) is 6.57. The van der Waals surface area contributed by atoms with Gasteiger partial charge in [-0.1, -0.05) is 19.1 Å². The number of aromatic nitrogens is 3. The second-order valence-corrected chi connectivity index (χ2v) is 7.54. The van der Waals surface area contributed by atoms with Gasteiger partial charge in [0.1, 0.15) is 11.7 Å². The van der Waals surface area contributed by atoms with Crippen LogP contribution in [0.5, 0.6) is 0 Å². The number of amides is 1. The lowest BCUT2D eigenvalue weighted by atomic mass is 9.97. The molecule has 1 unspecified atom stereocenters. The number of rotatable bonds is 9. The normalized spacial score (nSPS) is 12.9. The van der Waals surface area contributed by atoms with Crippen LogP contribution in [0.1, 0.15) is 47.3 Å². The van der Waals surface area contributed by atoms with E-state index >= 15 is 0 Å². The quantitative estimate of drug-likeness (QED) is 0.285. The second kappa shape index (κ2) is 9.33. The van der Waals surface area contributed by atoms with Gasteiger partial charge in [0.2, 0.25) is 5.95 Å². The summed E-state index contributed by atoms with van der Waals surface area (Å²) in [6, 6.07) is 7.10. The number of carbonyl (C=O) groups excluding carboxylic acids is 1. The maximum atomic E-state index is 12.3. The van der Waals surface area contributed by atoms with Crippen LogP contribution in [0.3, 0.4) is 0 Å². The summed E-state index contributed by atoms with van der Waals surface area (Å²) in [5.41, 5.74) is 7.67. The molecule has 0 spiro atoms. The molecule has 2 heterocycles. The van der Waals surface area contributed by atoms with E-state index in [0.29, 0.717) is 17.5 Å². The van der Waals surface area contributed by atoms with Crippen LogP contribution >= 0.6 is 0 Å². The highest BCUT2D eigenvalue weighted by Crippen LogP contribution is 2.22. The third kappa shape index (κ3) is 5.31. The van der Waals surface area contributed by atoms with Crippen molar-refractivity contribution in [2.75, 3.05) is 5.73 Å². The van der Waals surface area contributed by atoms with Crippen LogP contribution in [0.15, 0.2) is 35.1 Å². The van der Waals surface area contributed by atoms with Crippen LogP contribution < -0.4 is 16.6 Å². The summed E-state index contributed by atoms with van der Waals surface area (Å²) in [4.78, 5) is 55.9. The van der Waals surface area contributed by atoms with Crippen LogP contribution in [0.4, 0.5) is 5.95 Å². The van der Waals surface area contributed by atoms with Crippen molar-refractivity contribution in [3.05, 3.63) is 57.5 Å². The number of carboxylic acids is 2. The molecule has 0 aliphatic heterocycles. The number of nitrogens with one attached hydrogen (secondary N) is 3. The smallest absolute Gasteiger partial charge is 0.326 e. The molecule has 1 amide bonds. The number of carbonyl (C=O) groups is 3. The lowest BCUT2D eigenvalue weighted by Crippen LogP contribution is -2.41. The number of nitrogens with two attached hydrogens (primary N) is 1. The molecule has 2 aromatic heterocycles. The van der Waals surface area contributed by atoms with E-state index in [9.17, 15) is 24.3 Å². The third-order valence-electron chi connectivity index (χ3n) is 5.08. The molecular weight excluding hydrogens is 418 g/mol. The highest BCUT2D eigenvalue weighted by atomic mass is 16.4. The van der Waals surface area contributed by atoms with Gasteiger partial charge in [0, 0.05) is 23.6 Å². The summed E-state index contributed by atoms with van der Waals surface area (Å²) in [7, 11) is 0. The minimum Gasteiger partial charge on any atom is -0.481 e. The van der Waals surface area contributed by atoms with Gasteiger partial charge < -0.3 is 26.2 Å². The number of nitrogens with zero attached hydrogens (tertiary/aromatic N) is 1. The Labute approximate surface area is 181 Å². The van der Waals surface area contributed by atoms with Crippen LogP contribution in [0.2, 0.25) is 0 Å². The van der Waals surface area contributed by atoms with E-state index < -0.39 is 23.9 Å². The molecule has 0 saturated carbocycles. The number of anilines is 1. The average molecular weight is 441 g/mol. The fraction of sp³-hybridized carbons (Fsp3) is 0.286. The van der Waals surface area contributed by atoms with Gasteiger partial charge in [-0.15, -0.1) is 0 Å². The maximum absolute atomic E-state index is 12.3. The summed E-state index contributed by atoms with van der Waals surface area (Å²) in [6.07, 6.45) is 0.0358. The summed E-state index contributed by atoms with van der Waals surface area (Å²) >= 11 is 0. The maximum Gasteiger partial charge on any atom is 0.326 e. The fourth-order valence-corrected chi connectivity index (χ4v) is 3.35. The van der Waals surface area contributed by atoms with Crippen molar-refractivity contribution >= 4 is 34.8 Å². The highest BCUT2D eigenvalue weighted by molar-refractivity contribution is 5.96. The zero-order chi connectivity index (χ0) is 23.4. The van der Waals surface area contributed by atoms with E-state index in [4.69, 9.17) is 10.8 Å². The molecule has 0 radical (unpaired) electrons. The molecule has 3 rings (SSSR count). The first-order chi connectivity index (χ1) is 15.1. The number of H-pyrrole nitrogens is 2. The topological polar surface area (TPSA) is 191 Å². The zero-order valence-electron chi connectivity index (χ0n) is 17.2. The van der Waals surface area contributed by atoms with Gasteiger partial charge in [-0.2, -0.15) is 4.98 Å². The Morgan fingerprint density at radius 1 is 1.16 bits per heavy atom. The van der Waals surface area contributed by atoms with E-state index in [-0.39, 0.29) is 35.8 Å². The van der Waals surface area contributed by atoms with Gasteiger partial charge in [0.15, 0.2) is 0 Å². The number of aliphatic carboxylic acids is 2. The molecule has 3 aromatic rings. The van der Waals surface area contributed by atoms with E-state index in [1.165, 1.54) is 0 Å². The minimum absolute atomic E-state index is 0.0110. The van der Waals surface area contributed by atoms with Gasteiger partial charge in [-0.25, -0.2) is 4.79 Å². The van der Waals surface area contributed by atoms with Crippen molar-refractivity contribution in [2.45, 2.75) is 38.1 Å². The van der Waals surface area contributed by atoms with Crippen molar-refractivity contribution in [3.8, 4) is 0 Å². The molecule has 0 bridgehead atoms. The summed E-state index contributed by atoms with van der Waals surface area (Å²) in [6.45, 7) is 1.97. The number of carboxylic acid groups (broad SMARTS) is 2. The summed E-state index contributed by atoms with van der Waals surface area (Å²) < 4.78 is 0. The summed E-state index contributed by atoms with van der Waals surface area (Å²) in [5, 5.41) is 20.7. The third-order valence-corrected chi connectivity index (χ3v) is 5.08. The molecule has 11 heteroatoms. The first-order valence-electron chi connectivity index (χ1n) is 9.87. The van der Waals surface area contributed by atoms with Crippen molar-refractivity contribution in [2.24, 2.45) is 0 Å². The average Bonchev–Trinajstić information content (AvgIpc) is 3.15. The number of aromatic amines is 2. The molecule has 2 atom stereocenters. The van der Waals surface area contributed by atoms with Gasteiger partial charge in [0.05, 0.1) is 5.39 Å². The predicted octanol–water partition coefficient (Wildman–Crippen LogP) is 1.23. The van der Waals surface area contributed by atoms with Crippen molar-refractivity contribution in [3.63, 3.8) is 0 Å². The zero-order valence-corrected chi connectivity index (χ0v) is 17.2. The lowest BCUT2D eigenvalue weighted by molar-refractivity contribution is -0.140. The van der Waals surface area contributed by atoms with Crippen LogP contribution in [0.25, 0.3) is 11.0 Å². The summed E-state index contributed by atoms with van der Waals surface area (Å²) in [5.74, 6) is -2.98. The number of nitrogen functional groups attached to an aromatic ring is 1. The van der Waals surface area contributed by atoms with Crippen molar-refractivity contribution < 1.29 is 24.6 Å². The van der Waals surface area contributed by atoms with Gasteiger partial charge in [-0.3, -0.25) is 19.4 Å². The molecule has 32 heavy (non-hydrogen) atoms. The first-order valence-corrected chi connectivity index (χ1v) is 9.87. The number of hydrogen-bond donors (Lipinski definition) is 6. The van der Waals surface area contributed by atoms with Gasteiger partial charge >= 0.3 is 11.9 Å². The molecule has 0 fully saturated rings. The Balaban J connectivity index is 1.66. The van der Waals surface area contributed by atoms with Crippen LogP contribution in [0, 0.1) is 0 Å². The van der Waals surface area contributed by atoms with Gasteiger partial charge in [-0.05, 0) is 36.6 Å². The molecule has 0 aliphatic rings. The Morgan fingerprint density at radius 3 is 2.47 bits per heavy atom. The Morgan fingerprint density at radius 2 is 1.84 bits per heavy atom. The van der Waals surface area contributed by atoms with Crippen molar-refractivity contribution in [1.82, 2.24) is 20.3 Å². The molecule has 7 N–H and O–H groups in total. The Hall–Kier alpha value is -4.15. The SMILES string of the molecule is CC(Cc1ccc(C(=O)N[C@@H](CCC(=O)O)C(=O)O)cc1)c1cc2c(=O)[nH]c(N)nc2[nH]1. The fourth-order valence-electron chi connectivity index (χ4n) is 3.35. The van der Waals surface area contributed by atoms with Gasteiger partial charge in [0.25, 0.3) is 11.5 Å². The van der Waals surface area contributed by atoms with E-state index in [1.54, 1.807) is 30.3 Å². The molecule has 0 saturated heterocycles. The molecule has 0 aliphatic carbocycles. The molecule has 168 valence electrons. The largest absolute Gasteiger partial charge is 0.481 e. The van der Waals surface area contributed by atoms with Crippen molar-refractivity contribution in [1.29, 1.82) is 0 Å². The first kappa shape index (κ1) is 22.5. The monoisotopic (exact) mass is 441 g/mol. The predicted molar refractivity (Wildman–Crippen MR) is 115 cm³/mol. The lowest BCUT2D eigenvalue weighted by Gasteiger charge is -2.14. The standard InChI is InChI=1S/C21H23N5O6/c1-10(15-9-13-17(23-15)25-21(22)26-19(13)30)8-11-2-4-12(5-3-11)18(29)24-14(20(31)32)6-7-16(27)28/h2-5,9-10,14H,6-8H2,1H3,(H,24,29)(H,27,28)(H,31,32)(H4,22,23,25,26,30)/t10?,14-/m0/s1. The van der Waals surface area contributed by atoms with E-state index in [0.717, 1.165) is 11.3 Å². The molecular formula is C21H23N5O6. The minimum atomic E-state index is -1.29. The molecule has 1 aromatic carbocycles. The highest BCUT2D eigenvalue weighted by Gasteiger charge is 2.21. The number of fused-ring (bicyclic) bond motifs is 1. The Bertz CT molecular complexity index is 1210. The second-order valence-electron chi connectivity index (χ2n) is 7.54.